The van der Waals surface area contributed by atoms with Gasteiger partial charge in [-0.1, -0.05) is 71.5 Å². The molecule has 0 spiro atoms. The van der Waals surface area contributed by atoms with Crippen molar-refractivity contribution < 1.29 is 9.53 Å². The van der Waals surface area contributed by atoms with Gasteiger partial charge in [-0.15, -0.1) is 0 Å². The van der Waals surface area contributed by atoms with Crippen molar-refractivity contribution in [3.05, 3.63) is 71.2 Å². The fraction of sp³-hybridized carbons (Fsp3) is 0.250. The van der Waals surface area contributed by atoms with Crippen molar-refractivity contribution >= 4 is 49.8 Å². The summed E-state index contributed by atoms with van der Waals surface area (Å²) in [6.07, 6.45) is 2.14. The van der Waals surface area contributed by atoms with Crippen molar-refractivity contribution in [3.63, 3.8) is 0 Å². The van der Waals surface area contributed by atoms with Crippen molar-refractivity contribution in [1.29, 1.82) is 0 Å². The average Bonchev–Trinajstić information content (AvgIpc) is 3.18. The van der Waals surface area contributed by atoms with Gasteiger partial charge in [-0.3, -0.25) is 4.79 Å². The van der Waals surface area contributed by atoms with E-state index in [0.717, 1.165) is 28.6 Å². The third-order valence-electron chi connectivity index (χ3n) is 5.58. The highest BCUT2D eigenvalue weighted by Gasteiger charge is 2.25. The minimum atomic E-state index is 0.0778. The van der Waals surface area contributed by atoms with Gasteiger partial charge in [0.2, 0.25) is 5.91 Å². The van der Waals surface area contributed by atoms with Crippen molar-refractivity contribution in [3.8, 4) is 5.19 Å². The number of ether oxygens (including phenoxy) is 1. The fourth-order valence-electron chi connectivity index (χ4n) is 3.95. The Morgan fingerprint density at radius 2 is 1.87 bits per heavy atom. The number of hydrogen-bond donors (Lipinski definition) is 0. The molecule has 1 aliphatic heterocycles. The first-order valence-electron chi connectivity index (χ1n) is 10.1. The lowest BCUT2D eigenvalue weighted by atomic mass is 10.0. The van der Waals surface area contributed by atoms with Crippen molar-refractivity contribution in [2.24, 2.45) is 0 Å². The molecular formula is C24H21ClN2O2S. The first kappa shape index (κ1) is 19.3. The molecule has 0 bridgehead atoms. The molecule has 0 radical (unpaired) electrons. The molecule has 4 aromatic rings. The van der Waals surface area contributed by atoms with Crippen LogP contribution in [0.5, 0.6) is 5.19 Å². The van der Waals surface area contributed by atoms with Crippen LogP contribution in [0.1, 0.15) is 18.4 Å². The number of piperidine rings is 1. The van der Waals surface area contributed by atoms with Gasteiger partial charge in [0, 0.05) is 25.9 Å². The number of para-hydroxylation sites is 1. The summed E-state index contributed by atoms with van der Waals surface area (Å²) in [6, 6.07) is 20.2. The van der Waals surface area contributed by atoms with Crippen molar-refractivity contribution in [1.82, 2.24) is 9.88 Å². The van der Waals surface area contributed by atoms with Crippen LogP contribution in [-0.4, -0.2) is 35.0 Å². The molecule has 1 aromatic heterocycles. The van der Waals surface area contributed by atoms with Crippen LogP contribution in [-0.2, 0) is 11.2 Å². The van der Waals surface area contributed by atoms with Crippen LogP contribution in [0.15, 0.2) is 60.7 Å². The van der Waals surface area contributed by atoms with Crippen LogP contribution in [0.2, 0.25) is 5.02 Å². The van der Waals surface area contributed by atoms with Crippen LogP contribution in [0.3, 0.4) is 0 Å². The maximum Gasteiger partial charge on any atom is 0.274 e. The lowest BCUT2D eigenvalue weighted by molar-refractivity contribution is -0.132. The largest absolute Gasteiger partial charge is 0.467 e. The summed E-state index contributed by atoms with van der Waals surface area (Å²) >= 11 is 7.73. The molecule has 4 nitrogen and oxygen atoms in total. The van der Waals surface area contributed by atoms with Crippen LogP contribution < -0.4 is 4.74 Å². The van der Waals surface area contributed by atoms with Gasteiger partial charge in [0.15, 0.2) is 0 Å². The van der Waals surface area contributed by atoms with E-state index in [-0.39, 0.29) is 12.0 Å². The second kappa shape index (κ2) is 8.25. The number of amides is 1. The zero-order valence-electron chi connectivity index (χ0n) is 16.4. The van der Waals surface area contributed by atoms with Crippen LogP contribution >= 0.6 is 22.9 Å². The number of nitrogens with zero attached hydrogens (tertiary/aromatic N) is 2. The van der Waals surface area contributed by atoms with Gasteiger partial charge in [0.05, 0.1) is 16.1 Å². The number of likely N-dealkylation sites (tertiary alicyclic amines) is 1. The third kappa shape index (κ3) is 4.00. The molecule has 3 aromatic carbocycles. The Kier molecular flexibility index (Phi) is 5.32. The first-order valence-corrected chi connectivity index (χ1v) is 11.3. The first-order chi connectivity index (χ1) is 14.7. The lowest BCUT2D eigenvalue weighted by Crippen LogP contribution is -2.42. The van der Waals surface area contributed by atoms with Gasteiger partial charge in [-0.05, 0) is 28.5 Å². The summed E-state index contributed by atoms with van der Waals surface area (Å²) in [5.41, 5.74) is 1.85. The molecule has 5 rings (SSSR count). The monoisotopic (exact) mass is 436 g/mol. The zero-order valence-corrected chi connectivity index (χ0v) is 18.0. The number of rotatable bonds is 4. The van der Waals surface area contributed by atoms with Crippen molar-refractivity contribution in [2.75, 3.05) is 13.1 Å². The summed E-state index contributed by atoms with van der Waals surface area (Å²) < 4.78 is 7.13. The maximum absolute atomic E-state index is 12.8. The summed E-state index contributed by atoms with van der Waals surface area (Å²) in [4.78, 5) is 19.3. The number of carbonyl (C=O) groups is 1. The van der Waals surface area contributed by atoms with E-state index >= 15 is 0 Å². The highest BCUT2D eigenvalue weighted by molar-refractivity contribution is 7.20. The Morgan fingerprint density at radius 3 is 2.67 bits per heavy atom. The SMILES string of the molecule is O=C(Cc1ccc2ccccc2c1)N1CCC(Oc2nc3c(Cl)cccc3s2)CC1. The van der Waals surface area contributed by atoms with E-state index < -0.39 is 0 Å². The van der Waals surface area contributed by atoms with Gasteiger partial charge < -0.3 is 9.64 Å². The minimum absolute atomic E-state index is 0.0778. The van der Waals surface area contributed by atoms with E-state index in [1.807, 2.05) is 41.3 Å². The molecule has 1 fully saturated rings. The summed E-state index contributed by atoms with van der Waals surface area (Å²) in [5, 5.41) is 3.67. The number of aromatic nitrogens is 1. The van der Waals surface area contributed by atoms with Crippen molar-refractivity contribution in [2.45, 2.75) is 25.4 Å². The van der Waals surface area contributed by atoms with E-state index in [1.165, 1.54) is 22.1 Å². The highest BCUT2D eigenvalue weighted by Crippen LogP contribution is 2.33. The molecule has 1 amide bonds. The number of hydrogen-bond acceptors (Lipinski definition) is 4. The fourth-order valence-corrected chi connectivity index (χ4v) is 5.13. The van der Waals surface area contributed by atoms with Gasteiger partial charge in [0.25, 0.3) is 5.19 Å². The summed E-state index contributed by atoms with van der Waals surface area (Å²) in [6.45, 7) is 1.42. The molecule has 1 saturated heterocycles. The predicted molar refractivity (Wildman–Crippen MR) is 123 cm³/mol. The average molecular weight is 437 g/mol. The molecule has 0 unspecified atom stereocenters. The second-order valence-electron chi connectivity index (χ2n) is 7.62. The lowest BCUT2D eigenvalue weighted by Gasteiger charge is -2.31. The Morgan fingerprint density at radius 1 is 1.07 bits per heavy atom. The molecule has 0 atom stereocenters. The minimum Gasteiger partial charge on any atom is -0.467 e. The second-order valence-corrected chi connectivity index (χ2v) is 9.02. The standard InChI is InChI=1S/C24H21ClN2O2S/c25-20-6-3-7-21-23(20)26-24(30-21)29-19-10-12-27(13-11-19)22(28)15-16-8-9-17-4-1-2-5-18(17)14-16/h1-9,14,19H,10-13,15H2. The van der Waals surface area contributed by atoms with Gasteiger partial charge in [-0.2, -0.15) is 0 Å². The summed E-state index contributed by atoms with van der Waals surface area (Å²) in [5.74, 6) is 0.176. The number of thiazole rings is 1. The molecule has 0 N–H and O–H groups in total. The Hall–Kier alpha value is -2.63. The van der Waals surface area contributed by atoms with E-state index in [4.69, 9.17) is 16.3 Å². The molecular weight excluding hydrogens is 416 g/mol. The number of halogens is 1. The van der Waals surface area contributed by atoms with Gasteiger partial charge in [0.1, 0.15) is 11.6 Å². The van der Waals surface area contributed by atoms with E-state index in [0.29, 0.717) is 29.7 Å². The quantitative estimate of drug-likeness (QED) is 0.411. The highest BCUT2D eigenvalue weighted by atomic mass is 35.5. The zero-order chi connectivity index (χ0) is 20.5. The third-order valence-corrected chi connectivity index (χ3v) is 6.80. The smallest absolute Gasteiger partial charge is 0.274 e. The Balaban J connectivity index is 1.18. The summed E-state index contributed by atoms with van der Waals surface area (Å²) in [7, 11) is 0. The Labute approximate surface area is 184 Å². The maximum atomic E-state index is 12.8. The molecule has 0 saturated carbocycles. The van der Waals surface area contributed by atoms with Gasteiger partial charge in [-0.25, -0.2) is 4.98 Å². The predicted octanol–water partition coefficient (Wildman–Crippen LogP) is 5.72. The molecule has 152 valence electrons. The van der Waals surface area contributed by atoms with Gasteiger partial charge >= 0.3 is 0 Å². The molecule has 2 heterocycles. The van der Waals surface area contributed by atoms with Crippen LogP contribution in [0.4, 0.5) is 0 Å². The number of fused-ring (bicyclic) bond motifs is 2. The van der Waals surface area contributed by atoms with E-state index in [1.54, 1.807) is 0 Å². The van der Waals surface area contributed by atoms with E-state index in [9.17, 15) is 4.79 Å². The topological polar surface area (TPSA) is 42.4 Å². The Bertz CT molecular complexity index is 1210. The molecule has 30 heavy (non-hydrogen) atoms. The van der Waals surface area contributed by atoms with Crippen LogP contribution in [0, 0.1) is 0 Å². The normalized spacial score (nSPS) is 15.0. The number of carbonyl (C=O) groups excluding carboxylic acids is 1. The van der Waals surface area contributed by atoms with Crippen LogP contribution in [0.25, 0.3) is 21.0 Å². The van der Waals surface area contributed by atoms with E-state index in [2.05, 4.69) is 29.2 Å². The molecule has 0 aliphatic carbocycles. The molecule has 1 aliphatic rings. The molecule has 6 heteroatoms. The number of benzene rings is 3.